The van der Waals surface area contributed by atoms with Gasteiger partial charge >= 0.3 is 23.9 Å². The molecule has 10 N–H and O–H groups in total. The van der Waals surface area contributed by atoms with Crippen LogP contribution in [0.4, 0.5) is 0 Å². The van der Waals surface area contributed by atoms with E-state index in [9.17, 15) is 19.2 Å². The average Bonchev–Trinajstić information content (AvgIpc) is 2.63. The van der Waals surface area contributed by atoms with Gasteiger partial charge in [-0.2, -0.15) is 0 Å². The molecule has 0 aliphatic heterocycles. The fourth-order valence-electron chi connectivity index (χ4n) is 0.956. The number of carbonyl (C=O) groups is 4. The molecule has 0 radical (unpaired) electrons. The molecule has 14 nitrogen and oxygen atoms in total. The van der Waals surface area contributed by atoms with Crippen LogP contribution >= 0.6 is 0 Å². The number of carboxylic acid groups (broad SMARTS) is 4. The zero-order chi connectivity index (χ0) is 22.9. The Morgan fingerprint density at radius 2 is 0.714 bits per heavy atom. The monoisotopic (exact) mass is 414 g/mol. The Balaban J connectivity index is -0.000000347. The Hall–Kier alpha value is -2.88. The highest BCUT2D eigenvalue weighted by Gasteiger charge is 2.29. The van der Waals surface area contributed by atoms with Crippen molar-refractivity contribution in [1.29, 1.82) is 0 Å². The summed E-state index contributed by atoms with van der Waals surface area (Å²) in [7, 11) is 0. The van der Waals surface area contributed by atoms with Crippen molar-refractivity contribution >= 4 is 23.9 Å². The molecule has 0 aliphatic carbocycles. The molecule has 0 bridgehead atoms. The van der Waals surface area contributed by atoms with Crippen molar-refractivity contribution in [3.63, 3.8) is 0 Å². The van der Waals surface area contributed by atoms with Crippen LogP contribution in [0.25, 0.3) is 0 Å². The van der Waals surface area contributed by atoms with Gasteiger partial charge < -0.3 is 51.1 Å². The molecule has 0 aromatic rings. The third kappa shape index (κ3) is 21.2. The van der Waals surface area contributed by atoms with Gasteiger partial charge in [0.15, 0.2) is 0 Å². The van der Waals surface area contributed by atoms with Gasteiger partial charge in [0.2, 0.25) is 0 Å². The summed E-state index contributed by atoms with van der Waals surface area (Å²) < 4.78 is 0. The maximum absolute atomic E-state index is 9.55. The highest BCUT2D eigenvalue weighted by atomic mass is 16.4. The SMILES string of the molecule is O=C(O)/C=C\C(=O)O.O=C(O)/C=C\C(=O)O.OC[C@@H](O)[C@@H](O)[C@H](O)[C@@H](O)CO. The summed E-state index contributed by atoms with van der Waals surface area (Å²) in [6.07, 6.45) is -4.16. The standard InChI is InChI=1S/C6H14O6.2C4H4O4/c7-1-3(9)5(11)6(12)4(10)2-8;2*5-3(6)1-2-4(7)8/h3-12H,1-2H2;2*1-2H,(H,5,6)(H,7,8)/b;2*2-1-/t3-,4+,5-,6-;;/m1../s1. The summed E-state index contributed by atoms with van der Waals surface area (Å²) in [5.41, 5.74) is 0. The molecule has 0 heterocycles. The summed E-state index contributed by atoms with van der Waals surface area (Å²) in [6, 6.07) is 0. The minimum absolute atomic E-state index is 0.558. The number of hydrogen-bond acceptors (Lipinski definition) is 10. The first-order valence-electron chi connectivity index (χ1n) is 7.01. The first-order chi connectivity index (χ1) is 12.8. The van der Waals surface area contributed by atoms with E-state index in [4.69, 9.17) is 51.1 Å². The normalized spacial score (nSPS) is 14.6. The fourth-order valence-corrected chi connectivity index (χ4v) is 0.956. The molecule has 0 fully saturated rings. The summed E-state index contributed by atoms with van der Waals surface area (Å²) in [6.45, 7) is -1.45. The second kappa shape index (κ2) is 17.5. The highest BCUT2D eigenvalue weighted by Crippen LogP contribution is 2.04. The van der Waals surface area contributed by atoms with E-state index in [-0.39, 0.29) is 0 Å². The molecule has 0 spiro atoms. The van der Waals surface area contributed by atoms with Crippen molar-refractivity contribution in [3.05, 3.63) is 24.3 Å². The maximum Gasteiger partial charge on any atom is 0.328 e. The lowest BCUT2D eigenvalue weighted by atomic mass is 10.0. The van der Waals surface area contributed by atoms with Gasteiger partial charge in [0, 0.05) is 24.3 Å². The molecular weight excluding hydrogens is 392 g/mol. The van der Waals surface area contributed by atoms with Crippen LogP contribution in [0.1, 0.15) is 0 Å². The molecule has 0 unspecified atom stereocenters. The predicted molar refractivity (Wildman–Crippen MR) is 87.0 cm³/mol. The van der Waals surface area contributed by atoms with Gasteiger partial charge in [-0.05, 0) is 0 Å². The largest absolute Gasteiger partial charge is 0.478 e. The fraction of sp³-hybridized carbons (Fsp3) is 0.429. The van der Waals surface area contributed by atoms with Crippen LogP contribution in [0.15, 0.2) is 24.3 Å². The van der Waals surface area contributed by atoms with Gasteiger partial charge in [-0.1, -0.05) is 0 Å². The van der Waals surface area contributed by atoms with Gasteiger partial charge in [-0.3, -0.25) is 0 Å². The third-order valence-corrected chi connectivity index (χ3v) is 2.25. The van der Waals surface area contributed by atoms with Gasteiger partial charge in [0.05, 0.1) is 13.2 Å². The van der Waals surface area contributed by atoms with Gasteiger partial charge in [0.1, 0.15) is 24.4 Å². The number of aliphatic hydroxyl groups excluding tert-OH is 6. The third-order valence-electron chi connectivity index (χ3n) is 2.25. The molecule has 0 amide bonds. The van der Waals surface area contributed by atoms with Crippen molar-refractivity contribution in [2.45, 2.75) is 24.4 Å². The van der Waals surface area contributed by atoms with E-state index in [2.05, 4.69) is 0 Å². The van der Waals surface area contributed by atoms with Crippen molar-refractivity contribution in [2.75, 3.05) is 13.2 Å². The molecule has 0 aromatic carbocycles. The summed E-state index contributed by atoms with van der Waals surface area (Å²) in [5, 5.41) is 83.4. The number of aliphatic hydroxyl groups is 6. The molecular formula is C14H22O14. The first kappa shape index (κ1) is 29.9. The van der Waals surface area contributed by atoms with Crippen LogP contribution in [0, 0.1) is 0 Å². The topological polar surface area (TPSA) is 271 Å². The van der Waals surface area contributed by atoms with Crippen LogP contribution in [-0.4, -0.2) is 113 Å². The first-order valence-corrected chi connectivity index (χ1v) is 7.01. The molecule has 0 aliphatic rings. The zero-order valence-corrected chi connectivity index (χ0v) is 14.1. The van der Waals surface area contributed by atoms with Gasteiger partial charge in [-0.15, -0.1) is 0 Å². The van der Waals surface area contributed by atoms with Crippen LogP contribution in [-0.2, 0) is 19.2 Å². The van der Waals surface area contributed by atoms with E-state index in [1.807, 2.05) is 0 Å². The second-order valence-electron chi connectivity index (χ2n) is 4.50. The minimum Gasteiger partial charge on any atom is -0.478 e. The van der Waals surface area contributed by atoms with Crippen LogP contribution in [0.5, 0.6) is 0 Å². The number of rotatable bonds is 9. The Bertz CT molecular complexity index is 460. The molecule has 14 heteroatoms. The van der Waals surface area contributed by atoms with E-state index < -0.39 is 61.5 Å². The van der Waals surface area contributed by atoms with E-state index in [0.717, 1.165) is 0 Å². The van der Waals surface area contributed by atoms with Crippen LogP contribution < -0.4 is 0 Å². The molecule has 162 valence electrons. The Morgan fingerprint density at radius 3 is 0.821 bits per heavy atom. The zero-order valence-electron chi connectivity index (χ0n) is 14.1. The summed E-state index contributed by atoms with van der Waals surface area (Å²) in [4.78, 5) is 38.2. The quantitative estimate of drug-likeness (QED) is 0.160. The summed E-state index contributed by atoms with van der Waals surface area (Å²) >= 11 is 0. The summed E-state index contributed by atoms with van der Waals surface area (Å²) in [5.74, 6) is -5.03. The van der Waals surface area contributed by atoms with E-state index in [1.165, 1.54) is 0 Å². The van der Waals surface area contributed by atoms with Crippen molar-refractivity contribution in [3.8, 4) is 0 Å². The average molecular weight is 414 g/mol. The number of hydrogen-bond donors (Lipinski definition) is 10. The molecule has 4 atom stereocenters. The van der Waals surface area contributed by atoms with Crippen LogP contribution in [0.3, 0.4) is 0 Å². The molecule has 0 saturated carbocycles. The highest BCUT2D eigenvalue weighted by molar-refractivity contribution is 5.90. The lowest BCUT2D eigenvalue weighted by molar-refractivity contribution is -0.134. The number of aliphatic carboxylic acids is 4. The van der Waals surface area contributed by atoms with Crippen LogP contribution in [0.2, 0.25) is 0 Å². The Kier molecular flexibility index (Phi) is 18.7. The van der Waals surface area contributed by atoms with E-state index in [0.29, 0.717) is 24.3 Å². The van der Waals surface area contributed by atoms with Gasteiger partial charge in [0.25, 0.3) is 0 Å². The predicted octanol–water partition coefficient (Wildman–Crippen LogP) is -4.16. The minimum atomic E-state index is -1.67. The lowest BCUT2D eigenvalue weighted by Crippen LogP contribution is -2.46. The molecule has 0 aromatic heterocycles. The van der Waals surface area contributed by atoms with Gasteiger partial charge in [-0.25, -0.2) is 19.2 Å². The Morgan fingerprint density at radius 1 is 0.536 bits per heavy atom. The second-order valence-corrected chi connectivity index (χ2v) is 4.50. The Labute approximate surface area is 157 Å². The number of carboxylic acids is 4. The van der Waals surface area contributed by atoms with Crippen molar-refractivity contribution in [1.82, 2.24) is 0 Å². The molecule has 0 saturated heterocycles. The smallest absolute Gasteiger partial charge is 0.328 e. The maximum atomic E-state index is 9.55. The lowest BCUT2D eigenvalue weighted by Gasteiger charge is -2.24. The van der Waals surface area contributed by atoms with Crippen molar-refractivity contribution in [2.24, 2.45) is 0 Å². The van der Waals surface area contributed by atoms with Crippen molar-refractivity contribution < 1.29 is 70.2 Å². The molecule has 28 heavy (non-hydrogen) atoms. The van der Waals surface area contributed by atoms with E-state index in [1.54, 1.807) is 0 Å². The van der Waals surface area contributed by atoms with E-state index >= 15 is 0 Å². The molecule has 0 rings (SSSR count).